The topological polar surface area (TPSA) is 113 Å². The van der Waals surface area contributed by atoms with Crippen molar-refractivity contribution in [2.24, 2.45) is 0 Å². The summed E-state index contributed by atoms with van der Waals surface area (Å²) >= 11 is 0. The molecule has 0 aliphatic carbocycles. The van der Waals surface area contributed by atoms with Crippen molar-refractivity contribution in [2.45, 2.75) is 42.9 Å². The van der Waals surface area contributed by atoms with Crippen LogP contribution in [0.25, 0.3) is 11.1 Å². The average Bonchev–Trinajstić information content (AvgIpc) is 2.93. The van der Waals surface area contributed by atoms with Gasteiger partial charge in [0.15, 0.2) is 10.6 Å². The number of halogens is 1. The summed E-state index contributed by atoms with van der Waals surface area (Å²) in [6, 6.07) is 14.4. The molecule has 2 N–H and O–H groups in total. The predicted octanol–water partition coefficient (Wildman–Crippen LogP) is 5.54. The predicted molar refractivity (Wildman–Crippen MR) is 148 cm³/mol. The van der Waals surface area contributed by atoms with Gasteiger partial charge in [-0.1, -0.05) is 31.5 Å². The summed E-state index contributed by atoms with van der Waals surface area (Å²) in [4.78, 5) is 20.2. The Morgan fingerprint density at radius 1 is 1.13 bits per heavy atom. The summed E-state index contributed by atoms with van der Waals surface area (Å²) in [6.45, 7) is 3.58. The minimum absolute atomic E-state index is 0.185. The van der Waals surface area contributed by atoms with Crippen LogP contribution in [0.2, 0.25) is 0 Å². The van der Waals surface area contributed by atoms with Crippen LogP contribution in [0.15, 0.2) is 75.4 Å². The van der Waals surface area contributed by atoms with E-state index in [-0.39, 0.29) is 10.6 Å². The largest absolute Gasteiger partial charge is 0.504 e. The number of rotatable bonds is 9. The number of hydrogen-bond donors (Lipinski definition) is 2. The fraction of sp³-hybridized carbons (Fsp3) is 0.241. The molecule has 0 radical (unpaired) electrons. The summed E-state index contributed by atoms with van der Waals surface area (Å²) in [7, 11) is -1.22. The smallest absolute Gasteiger partial charge is 0.271 e. The van der Waals surface area contributed by atoms with Crippen LogP contribution >= 0.6 is 0 Å². The van der Waals surface area contributed by atoms with Gasteiger partial charge in [0, 0.05) is 36.3 Å². The van der Waals surface area contributed by atoms with Gasteiger partial charge < -0.3 is 19.7 Å². The Hall–Kier alpha value is -4.18. The molecule has 0 bridgehead atoms. The number of nitrogens with one attached hydrogen (secondary N) is 1. The molecule has 0 unspecified atom stereocenters. The molecule has 204 valence electrons. The molecule has 2 heterocycles. The highest BCUT2D eigenvalue weighted by molar-refractivity contribution is 7.91. The number of sulfone groups is 1. The van der Waals surface area contributed by atoms with Crippen LogP contribution in [-0.2, 0) is 16.3 Å². The highest BCUT2D eigenvalue weighted by atomic mass is 32.2. The Balaban J connectivity index is 1.84. The number of benzene rings is 2. The molecule has 8 nitrogen and oxygen atoms in total. The van der Waals surface area contributed by atoms with Crippen molar-refractivity contribution in [1.29, 1.82) is 0 Å². The first-order valence-corrected chi connectivity index (χ1v) is 13.9. The Bertz CT molecular complexity index is 1670. The average molecular weight is 552 g/mol. The minimum atomic E-state index is -4.44. The number of aromatic amines is 1. The molecule has 0 saturated heterocycles. The molecule has 0 fully saturated rings. The van der Waals surface area contributed by atoms with Crippen LogP contribution in [0.4, 0.5) is 15.8 Å². The summed E-state index contributed by atoms with van der Waals surface area (Å²) < 4.78 is 46.6. The normalized spacial score (nSPS) is 11.4. The van der Waals surface area contributed by atoms with E-state index in [9.17, 15) is 22.7 Å². The maximum Gasteiger partial charge on any atom is 0.271 e. The van der Waals surface area contributed by atoms with E-state index in [0.29, 0.717) is 40.2 Å². The molecule has 0 spiro atoms. The number of hydrogen-bond acceptors (Lipinski definition) is 7. The van der Waals surface area contributed by atoms with Crippen LogP contribution in [-0.4, -0.2) is 37.6 Å². The molecule has 2 aromatic carbocycles. The van der Waals surface area contributed by atoms with Gasteiger partial charge in [0.2, 0.25) is 15.8 Å². The molecule has 10 heteroatoms. The van der Waals surface area contributed by atoms with E-state index in [4.69, 9.17) is 4.74 Å². The lowest BCUT2D eigenvalue weighted by molar-refractivity contribution is 0.415. The molecule has 4 rings (SSSR count). The zero-order valence-corrected chi connectivity index (χ0v) is 23.0. The summed E-state index contributed by atoms with van der Waals surface area (Å²) in [5.41, 5.74) is 1.81. The number of aromatic hydroxyl groups is 1. The van der Waals surface area contributed by atoms with Crippen molar-refractivity contribution in [2.75, 3.05) is 19.1 Å². The fourth-order valence-electron chi connectivity index (χ4n) is 4.46. The number of H-pyrrole nitrogens is 1. The highest BCUT2D eigenvalue weighted by Gasteiger charge is 2.31. The molecule has 0 aliphatic heterocycles. The van der Waals surface area contributed by atoms with Crippen LogP contribution in [0, 0.1) is 12.9 Å². The molecule has 4 aromatic rings. The summed E-state index contributed by atoms with van der Waals surface area (Å²) in [6.07, 6.45) is 3.31. The van der Waals surface area contributed by atoms with Gasteiger partial charge in [-0.05, 0) is 61.2 Å². The van der Waals surface area contributed by atoms with Crippen molar-refractivity contribution < 1.29 is 22.7 Å². The van der Waals surface area contributed by atoms with Crippen molar-refractivity contribution in [3.8, 4) is 22.6 Å². The van der Waals surface area contributed by atoms with Gasteiger partial charge in [0.1, 0.15) is 11.4 Å². The monoisotopic (exact) mass is 551 g/mol. The third-order valence-corrected chi connectivity index (χ3v) is 8.45. The first kappa shape index (κ1) is 27.8. The second-order valence-corrected chi connectivity index (χ2v) is 11.0. The van der Waals surface area contributed by atoms with E-state index in [1.165, 1.54) is 37.6 Å². The molecule has 39 heavy (non-hydrogen) atoms. The molecule has 0 aliphatic rings. The highest BCUT2D eigenvalue weighted by Crippen LogP contribution is 2.40. The number of unbranched alkanes of at least 4 members (excludes halogenated alkanes) is 1. The second-order valence-electron chi connectivity index (χ2n) is 9.13. The van der Waals surface area contributed by atoms with Crippen LogP contribution < -0.4 is 15.2 Å². The number of anilines is 2. The lowest BCUT2D eigenvalue weighted by Crippen LogP contribution is -2.24. The van der Waals surface area contributed by atoms with Gasteiger partial charge in [0.05, 0.1) is 12.0 Å². The number of nitrogens with zero attached hydrogens (tertiary/aromatic N) is 2. The van der Waals surface area contributed by atoms with Crippen molar-refractivity contribution in [3.05, 3.63) is 88.4 Å². The van der Waals surface area contributed by atoms with E-state index in [2.05, 4.69) is 9.97 Å². The van der Waals surface area contributed by atoms with Crippen LogP contribution in [0.3, 0.4) is 0 Å². The number of methoxy groups -OCH3 is 1. The zero-order chi connectivity index (χ0) is 28.3. The number of ether oxygens (including phenoxy) is 1. The molecular weight excluding hydrogens is 521 g/mol. The number of aryl methyl sites for hydroxylation is 1. The quantitative estimate of drug-likeness (QED) is 0.263. The molecule has 2 aromatic heterocycles. The van der Waals surface area contributed by atoms with E-state index in [1.54, 1.807) is 49.2 Å². The van der Waals surface area contributed by atoms with E-state index in [0.717, 1.165) is 12.8 Å². The summed E-state index contributed by atoms with van der Waals surface area (Å²) in [5.74, 6) is -0.668. The van der Waals surface area contributed by atoms with Gasteiger partial charge in [-0.3, -0.25) is 4.79 Å². The Morgan fingerprint density at radius 3 is 2.51 bits per heavy atom. The first-order chi connectivity index (χ1) is 18.6. The van der Waals surface area contributed by atoms with Crippen LogP contribution in [0.5, 0.6) is 11.5 Å². The lowest BCUT2D eigenvalue weighted by atomic mass is 10.0. The number of aromatic nitrogens is 2. The molecular formula is C29H30FN3O5S. The van der Waals surface area contributed by atoms with Crippen molar-refractivity contribution >= 4 is 21.2 Å². The fourth-order valence-corrected chi connectivity index (χ4v) is 5.84. The minimum Gasteiger partial charge on any atom is -0.504 e. The van der Waals surface area contributed by atoms with Crippen molar-refractivity contribution in [1.82, 2.24) is 9.97 Å². The molecule has 0 atom stereocenters. The standard InChI is InChI=1S/C29H30FN3O5S/c1-5-6-10-24-25(33(3)20-8-7-9-21(17-20)38-4)26(34)27(29(35)32-24)39(36,37)22-13-11-19(12-14-22)23-15-16-31-28(30)18(23)2/h7-9,11-17H,5-6,10H2,1-4H3,(H2,32,34,35). The third-order valence-electron chi connectivity index (χ3n) is 6.64. The van der Waals surface area contributed by atoms with Gasteiger partial charge in [-0.25, -0.2) is 13.4 Å². The van der Waals surface area contributed by atoms with Gasteiger partial charge >= 0.3 is 0 Å². The number of pyridine rings is 2. The molecule has 0 saturated carbocycles. The lowest BCUT2D eigenvalue weighted by Gasteiger charge is -2.25. The first-order valence-electron chi connectivity index (χ1n) is 12.4. The van der Waals surface area contributed by atoms with E-state index in [1.807, 2.05) is 6.92 Å². The Morgan fingerprint density at radius 2 is 1.85 bits per heavy atom. The van der Waals surface area contributed by atoms with E-state index >= 15 is 0 Å². The van der Waals surface area contributed by atoms with Crippen molar-refractivity contribution in [3.63, 3.8) is 0 Å². The summed E-state index contributed by atoms with van der Waals surface area (Å²) in [5, 5.41) is 11.4. The maximum atomic E-state index is 13.9. The van der Waals surface area contributed by atoms with Gasteiger partial charge in [-0.2, -0.15) is 4.39 Å². The maximum absolute atomic E-state index is 13.9. The molecule has 0 amide bonds. The zero-order valence-electron chi connectivity index (χ0n) is 22.2. The second kappa shape index (κ2) is 11.3. The van der Waals surface area contributed by atoms with Gasteiger partial charge in [0.25, 0.3) is 5.56 Å². The van der Waals surface area contributed by atoms with E-state index < -0.39 is 32.0 Å². The SMILES string of the molecule is CCCCc1[nH]c(=O)c(S(=O)(=O)c2ccc(-c3ccnc(F)c3C)cc2)c(O)c1N(C)c1cccc(OC)c1. The third kappa shape index (κ3) is 5.37. The van der Waals surface area contributed by atoms with Crippen LogP contribution in [0.1, 0.15) is 31.0 Å². The Labute approximate surface area is 226 Å². The Kier molecular flexibility index (Phi) is 8.06. The van der Waals surface area contributed by atoms with Gasteiger partial charge in [-0.15, -0.1) is 0 Å².